The third-order valence-electron chi connectivity index (χ3n) is 3.99. The number of nitrogens with zero attached hydrogens (tertiary/aromatic N) is 1. The zero-order valence-corrected chi connectivity index (χ0v) is 13.0. The zero-order chi connectivity index (χ0) is 16.9. The molecule has 0 radical (unpaired) electrons. The molecule has 0 aliphatic carbocycles. The van der Waals surface area contributed by atoms with Crippen LogP contribution in [-0.2, 0) is 9.53 Å². The number of rotatable bonds is 5. The smallest absolute Gasteiger partial charge is 0.221 e. The molecule has 1 aromatic rings. The van der Waals surface area contributed by atoms with Crippen LogP contribution in [0.5, 0.6) is 0 Å². The summed E-state index contributed by atoms with van der Waals surface area (Å²) in [4.78, 5) is 24.4. The van der Waals surface area contributed by atoms with Crippen molar-refractivity contribution in [3.63, 3.8) is 0 Å². The summed E-state index contributed by atoms with van der Waals surface area (Å²) in [6.45, 7) is 2.47. The fourth-order valence-corrected chi connectivity index (χ4v) is 2.60. The highest BCUT2D eigenvalue weighted by Gasteiger charge is 2.34. The van der Waals surface area contributed by atoms with Gasteiger partial charge in [0.2, 0.25) is 5.91 Å². The molecule has 1 aliphatic rings. The Kier molecular flexibility index (Phi) is 5.45. The van der Waals surface area contributed by atoms with Crippen molar-refractivity contribution in [2.45, 2.75) is 31.7 Å². The third kappa shape index (κ3) is 4.36. The lowest BCUT2D eigenvalue weighted by molar-refractivity contribution is -0.123. The zero-order valence-electron chi connectivity index (χ0n) is 13.0. The number of benzene rings is 1. The highest BCUT2D eigenvalue weighted by molar-refractivity contribution is 5.99. The lowest BCUT2D eigenvalue weighted by Crippen LogP contribution is -2.51. The van der Waals surface area contributed by atoms with Crippen molar-refractivity contribution in [2.24, 2.45) is 5.92 Å². The van der Waals surface area contributed by atoms with E-state index in [1.165, 1.54) is 18.2 Å². The average Bonchev–Trinajstić information content (AvgIpc) is 2.54. The van der Waals surface area contributed by atoms with Gasteiger partial charge in [-0.1, -0.05) is 19.1 Å². The van der Waals surface area contributed by atoms with Crippen LogP contribution < -0.4 is 5.32 Å². The van der Waals surface area contributed by atoms with E-state index < -0.39 is 17.3 Å². The number of nitrogens with one attached hydrogen (secondary N) is 1. The van der Waals surface area contributed by atoms with Gasteiger partial charge in [0.25, 0.3) is 0 Å². The topological polar surface area (TPSA) is 79.2 Å². The number of nitriles is 1. The van der Waals surface area contributed by atoms with Crippen LogP contribution in [0.1, 0.15) is 36.5 Å². The first-order valence-corrected chi connectivity index (χ1v) is 7.55. The maximum absolute atomic E-state index is 13.2. The van der Waals surface area contributed by atoms with E-state index in [4.69, 9.17) is 4.74 Å². The number of carbonyl (C=O) groups excluding carboxylic acids is 2. The molecule has 0 unspecified atom stereocenters. The fraction of sp³-hybridized carbons (Fsp3) is 0.471. The summed E-state index contributed by atoms with van der Waals surface area (Å²) >= 11 is 0. The summed E-state index contributed by atoms with van der Waals surface area (Å²) < 4.78 is 18.4. The molecule has 0 bridgehead atoms. The standard InChI is InChI=1S/C17H19FN2O3/c1-12(16(22)13-3-2-4-14(18)10-13)9-15(21)20-17(11-19)5-7-23-8-6-17/h2-4,10,12H,5-9H2,1H3,(H,20,21)/t12-/m0/s1. The fourth-order valence-electron chi connectivity index (χ4n) is 2.60. The molecular formula is C17H19FN2O3. The van der Waals surface area contributed by atoms with Crippen LogP contribution in [0.2, 0.25) is 0 Å². The minimum Gasteiger partial charge on any atom is -0.381 e. The maximum atomic E-state index is 13.2. The quantitative estimate of drug-likeness (QED) is 0.844. The van der Waals surface area contributed by atoms with Crippen LogP contribution in [0.25, 0.3) is 0 Å². The van der Waals surface area contributed by atoms with E-state index in [0.29, 0.717) is 26.1 Å². The highest BCUT2D eigenvalue weighted by Crippen LogP contribution is 2.21. The lowest BCUT2D eigenvalue weighted by Gasteiger charge is -2.31. The number of ether oxygens (including phenoxy) is 1. The summed E-state index contributed by atoms with van der Waals surface area (Å²) in [5.74, 6) is -1.73. The molecule has 1 heterocycles. The predicted octanol–water partition coefficient (Wildman–Crippen LogP) is 2.22. The van der Waals surface area contributed by atoms with E-state index in [-0.39, 0.29) is 23.7 Å². The summed E-state index contributed by atoms with van der Waals surface area (Å²) in [6.07, 6.45) is 0.822. The largest absolute Gasteiger partial charge is 0.381 e. The van der Waals surface area contributed by atoms with Gasteiger partial charge in [0, 0.05) is 44.0 Å². The molecule has 1 saturated heterocycles. The van der Waals surface area contributed by atoms with Gasteiger partial charge in [-0.3, -0.25) is 9.59 Å². The molecule has 1 aliphatic heterocycles. The first-order chi connectivity index (χ1) is 11.0. The van der Waals surface area contributed by atoms with Crippen LogP contribution in [0.15, 0.2) is 24.3 Å². The van der Waals surface area contributed by atoms with E-state index in [0.717, 1.165) is 6.07 Å². The summed E-state index contributed by atoms with van der Waals surface area (Å²) in [5.41, 5.74) is -0.678. The molecule has 2 rings (SSSR count). The molecule has 0 saturated carbocycles. The second kappa shape index (κ2) is 7.34. The van der Waals surface area contributed by atoms with Gasteiger partial charge in [-0.25, -0.2) is 4.39 Å². The van der Waals surface area contributed by atoms with Crippen molar-refractivity contribution >= 4 is 11.7 Å². The van der Waals surface area contributed by atoms with Gasteiger partial charge in [0.15, 0.2) is 5.78 Å². The van der Waals surface area contributed by atoms with Gasteiger partial charge in [0.1, 0.15) is 11.4 Å². The third-order valence-corrected chi connectivity index (χ3v) is 3.99. The Balaban J connectivity index is 1.96. The molecule has 1 aromatic carbocycles. The Morgan fingerprint density at radius 1 is 1.43 bits per heavy atom. The Morgan fingerprint density at radius 2 is 2.13 bits per heavy atom. The van der Waals surface area contributed by atoms with E-state index in [2.05, 4.69) is 11.4 Å². The van der Waals surface area contributed by atoms with Gasteiger partial charge in [-0.05, 0) is 12.1 Å². The highest BCUT2D eigenvalue weighted by atomic mass is 19.1. The summed E-state index contributed by atoms with van der Waals surface area (Å²) in [5, 5.41) is 12.0. The van der Waals surface area contributed by atoms with Crippen LogP contribution in [-0.4, -0.2) is 30.4 Å². The minimum atomic E-state index is -0.920. The Hall–Kier alpha value is -2.26. The van der Waals surface area contributed by atoms with Gasteiger partial charge in [0.05, 0.1) is 6.07 Å². The van der Waals surface area contributed by atoms with E-state index in [1.54, 1.807) is 6.92 Å². The number of halogens is 1. The second-order valence-corrected chi connectivity index (χ2v) is 5.83. The summed E-state index contributed by atoms with van der Waals surface area (Å²) in [7, 11) is 0. The first-order valence-electron chi connectivity index (χ1n) is 7.55. The van der Waals surface area contributed by atoms with Gasteiger partial charge in [-0.15, -0.1) is 0 Å². The maximum Gasteiger partial charge on any atom is 0.221 e. The summed E-state index contributed by atoms with van der Waals surface area (Å²) in [6, 6.07) is 7.55. The van der Waals surface area contributed by atoms with Crippen molar-refractivity contribution in [1.82, 2.24) is 5.32 Å². The molecule has 0 spiro atoms. The van der Waals surface area contributed by atoms with Crippen LogP contribution in [0, 0.1) is 23.1 Å². The van der Waals surface area contributed by atoms with Crippen molar-refractivity contribution in [2.75, 3.05) is 13.2 Å². The normalized spacial score (nSPS) is 17.8. The average molecular weight is 318 g/mol. The Bertz CT molecular complexity index is 633. The Labute approximate surface area is 134 Å². The molecule has 5 nitrogen and oxygen atoms in total. The molecule has 6 heteroatoms. The molecule has 1 N–H and O–H groups in total. The molecule has 1 atom stereocenters. The number of ketones is 1. The van der Waals surface area contributed by atoms with E-state index >= 15 is 0 Å². The van der Waals surface area contributed by atoms with Crippen LogP contribution in [0.4, 0.5) is 4.39 Å². The van der Waals surface area contributed by atoms with Crippen molar-refractivity contribution in [3.8, 4) is 6.07 Å². The minimum absolute atomic E-state index is 0.0420. The van der Waals surface area contributed by atoms with Crippen molar-refractivity contribution in [3.05, 3.63) is 35.6 Å². The van der Waals surface area contributed by atoms with Crippen molar-refractivity contribution < 1.29 is 18.7 Å². The number of hydrogen-bond donors (Lipinski definition) is 1. The number of Topliss-reactive ketones (excluding diaryl/α,β-unsaturated/α-hetero) is 1. The monoisotopic (exact) mass is 318 g/mol. The number of carbonyl (C=O) groups is 2. The SMILES string of the molecule is C[C@@H](CC(=O)NC1(C#N)CCOCC1)C(=O)c1cccc(F)c1. The van der Waals surface area contributed by atoms with E-state index in [1.807, 2.05) is 0 Å². The van der Waals surface area contributed by atoms with Gasteiger partial charge < -0.3 is 10.1 Å². The number of hydrogen-bond acceptors (Lipinski definition) is 4. The van der Waals surface area contributed by atoms with Crippen molar-refractivity contribution in [1.29, 1.82) is 5.26 Å². The van der Waals surface area contributed by atoms with Crippen LogP contribution in [0.3, 0.4) is 0 Å². The molecule has 122 valence electrons. The molecule has 1 amide bonds. The predicted molar refractivity (Wildman–Crippen MR) is 81.1 cm³/mol. The first kappa shape index (κ1) is 17.1. The van der Waals surface area contributed by atoms with E-state index in [9.17, 15) is 19.2 Å². The van der Waals surface area contributed by atoms with Crippen LogP contribution >= 0.6 is 0 Å². The second-order valence-electron chi connectivity index (χ2n) is 5.83. The number of amides is 1. The molecular weight excluding hydrogens is 299 g/mol. The molecule has 0 aromatic heterocycles. The molecule has 23 heavy (non-hydrogen) atoms. The molecule has 1 fully saturated rings. The van der Waals surface area contributed by atoms with Gasteiger partial charge >= 0.3 is 0 Å². The van der Waals surface area contributed by atoms with Gasteiger partial charge in [-0.2, -0.15) is 5.26 Å². The lowest BCUT2D eigenvalue weighted by atomic mass is 9.90. The Morgan fingerprint density at radius 3 is 2.74 bits per heavy atom.